The van der Waals surface area contributed by atoms with E-state index >= 15 is 0 Å². The Morgan fingerprint density at radius 2 is 2.00 bits per heavy atom. The first-order chi connectivity index (χ1) is 9.67. The minimum atomic E-state index is -0.359. The van der Waals surface area contributed by atoms with Gasteiger partial charge in [0.15, 0.2) is 6.61 Å². The van der Waals surface area contributed by atoms with Gasteiger partial charge in [-0.05, 0) is 19.1 Å². The molecular formula is C14H20N2O4. The second kappa shape index (κ2) is 8.92. The highest BCUT2D eigenvalue weighted by Gasteiger charge is 2.12. The van der Waals surface area contributed by atoms with Crippen LogP contribution in [0.5, 0.6) is 5.75 Å². The number of ether oxygens (including phenoxy) is 1. The topological polar surface area (TPSA) is 78.9 Å². The van der Waals surface area contributed by atoms with Gasteiger partial charge in [0.2, 0.25) is 5.91 Å². The van der Waals surface area contributed by atoms with Gasteiger partial charge in [-0.15, -0.1) is 0 Å². The predicted molar refractivity (Wildman–Crippen MR) is 74.3 cm³/mol. The average Bonchev–Trinajstić information content (AvgIpc) is 2.49. The van der Waals surface area contributed by atoms with Gasteiger partial charge in [-0.25, -0.2) is 0 Å². The Bertz CT molecular complexity index is 422. The van der Waals surface area contributed by atoms with Crippen molar-refractivity contribution in [3.05, 3.63) is 30.3 Å². The lowest BCUT2D eigenvalue weighted by atomic mass is 10.3. The Labute approximate surface area is 118 Å². The number of carbonyl (C=O) groups is 2. The molecule has 2 N–H and O–H groups in total. The number of nitrogens with zero attached hydrogens (tertiary/aromatic N) is 1. The maximum Gasteiger partial charge on any atom is 0.258 e. The molecule has 20 heavy (non-hydrogen) atoms. The molecule has 1 aromatic rings. The fourth-order valence-electron chi connectivity index (χ4n) is 1.58. The van der Waals surface area contributed by atoms with Crippen LogP contribution >= 0.6 is 0 Å². The minimum Gasteiger partial charge on any atom is -0.484 e. The Morgan fingerprint density at radius 3 is 2.60 bits per heavy atom. The van der Waals surface area contributed by atoms with Crippen molar-refractivity contribution in [3.63, 3.8) is 0 Å². The van der Waals surface area contributed by atoms with Crippen LogP contribution in [-0.2, 0) is 9.59 Å². The molecule has 0 heterocycles. The number of carbonyl (C=O) groups excluding carboxylic acids is 2. The Hall–Kier alpha value is -2.08. The summed E-state index contributed by atoms with van der Waals surface area (Å²) in [6.45, 7) is 2.26. The molecule has 0 bridgehead atoms. The number of likely N-dealkylation sites (N-methyl/N-ethyl adjacent to an activating group) is 1. The van der Waals surface area contributed by atoms with Crippen molar-refractivity contribution in [1.82, 2.24) is 10.2 Å². The first-order valence-corrected chi connectivity index (χ1v) is 6.50. The van der Waals surface area contributed by atoms with E-state index in [4.69, 9.17) is 9.84 Å². The number of aliphatic hydroxyl groups is 1. The zero-order valence-electron chi connectivity index (χ0n) is 11.5. The van der Waals surface area contributed by atoms with Crippen molar-refractivity contribution in [2.45, 2.75) is 6.92 Å². The first-order valence-electron chi connectivity index (χ1n) is 6.50. The van der Waals surface area contributed by atoms with Crippen LogP contribution in [0.25, 0.3) is 0 Å². The lowest BCUT2D eigenvalue weighted by Gasteiger charge is -2.19. The van der Waals surface area contributed by atoms with Crippen LogP contribution in [0.15, 0.2) is 30.3 Å². The molecule has 6 heteroatoms. The normalized spacial score (nSPS) is 9.90. The second-order valence-electron chi connectivity index (χ2n) is 4.08. The van der Waals surface area contributed by atoms with Gasteiger partial charge in [-0.2, -0.15) is 0 Å². The van der Waals surface area contributed by atoms with E-state index in [2.05, 4.69) is 5.32 Å². The molecule has 1 aromatic carbocycles. The molecule has 1 rings (SSSR count). The molecule has 110 valence electrons. The van der Waals surface area contributed by atoms with E-state index in [0.717, 1.165) is 0 Å². The number of hydrogen-bond donors (Lipinski definition) is 2. The summed E-state index contributed by atoms with van der Waals surface area (Å²) in [7, 11) is 0. The van der Waals surface area contributed by atoms with Gasteiger partial charge in [0.25, 0.3) is 5.91 Å². The summed E-state index contributed by atoms with van der Waals surface area (Å²) >= 11 is 0. The summed E-state index contributed by atoms with van der Waals surface area (Å²) in [6, 6.07) is 8.97. The number of benzene rings is 1. The van der Waals surface area contributed by atoms with Crippen LogP contribution < -0.4 is 10.1 Å². The van der Waals surface area contributed by atoms with Crippen LogP contribution in [0, 0.1) is 0 Å². The summed E-state index contributed by atoms with van der Waals surface area (Å²) in [5.41, 5.74) is 0. The monoisotopic (exact) mass is 280 g/mol. The molecule has 0 saturated heterocycles. The van der Waals surface area contributed by atoms with Gasteiger partial charge in [-0.1, -0.05) is 18.2 Å². The van der Waals surface area contributed by atoms with Gasteiger partial charge < -0.3 is 20.1 Å². The lowest BCUT2D eigenvalue weighted by molar-refractivity contribution is -0.133. The zero-order valence-corrected chi connectivity index (χ0v) is 11.5. The van der Waals surface area contributed by atoms with E-state index < -0.39 is 0 Å². The number of amides is 2. The van der Waals surface area contributed by atoms with E-state index in [9.17, 15) is 9.59 Å². The smallest absolute Gasteiger partial charge is 0.258 e. The van der Waals surface area contributed by atoms with E-state index in [0.29, 0.717) is 12.3 Å². The first kappa shape index (κ1) is 16.0. The molecule has 6 nitrogen and oxygen atoms in total. The lowest BCUT2D eigenvalue weighted by Crippen LogP contribution is -2.42. The fourth-order valence-corrected chi connectivity index (χ4v) is 1.58. The number of para-hydroxylation sites is 1. The van der Waals surface area contributed by atoms with E-state index in [-0.39, 0.29) is 38.1 Å². The SMILES string of the molecule is CCN(CCO)C(=O)CNC(=O)COc1ccccc1. The van der Waals surface area contributed by atoms with E-state index in [1.54, 1.807) is 12.1 Å². The predicted octanol–water partition coefficient (Wildman–Crippen LogP) is 0.0224. The van der Waals surface area contributed by atoms with Crippen molar-refractivity contribution in [2.75, 3.05) is 32.8 Å². The third-order valence-electron chi connectivity index (χ3n) is 2.65. The summed E-state index contributed by atoms with van der Waals surface area (Å²) in [5, 5.41) is 11.3. The standard InChI is InChI=1S/C14H20N2O4/c1-2-16(8-9-17)14(19)10-15-13(18)11-20-12-6-4-3-5-7-12/h3-7,17H,2,8-11H2,1H3,(H,15,18). The highest BCUT2D eigenvalue weighted by atomic mass is 16.5. The molecule has 0 aliphatic carbocycles. The Morgan fingerprint density at radius 1 is 1.30 bits per heavy atom. The van der Waals surface area contributed by atoms with Crippen molar-refractivity contribution in [3.8, 4) is 5.75 Å². The number of rotatable bonds is 8. The third-order valence-corrected chi connectivity index (χ3v) is 2.65. The zero-order chi connectivity index (χ0) is 14.8. The van der Waals surface area contributed by atoms with E-state index in [1.165, 1.54) is 4.90 Å². The number of aliphatic hydroxyl groups excluding tert-OH is 1. The van der Waals surface area contributed by atoms with Crippen molar-refractivity contribution >= 4 is 11.8 Å². The van der Waals surface area contributed by atoms with Crippen molar-refractivity contribution < 1.29 is 19.4 Å². The quantitative estimate of drug-likeness (QED) is 0.704. The molecule has 0 saturated carbocycles. The Balaban J connectivity index is 2.27. The number of hydrogen-bond acceptors (Lipinski definition) is 4. The molecule has 0 fully saturated rings. The summed E-state index contributed by atoms with van der Waals surface area (Å²) in [4.78, 5) is 24.7. The van der Waals surface area contributed by atoms with Gasteiger partial charge in [0.05, 0.1) is 13.2 Å². The molecular weight excluding hydrogens is 260 g/mol. The largest absolute Gasteiger partial charge is 0.484 e. The molecule has 0 radical (unpaired) electrons. The fraction of sp³-hybridized carbons (Fsp3) is 0.429. The van der Waals surface area contributed by atoms with Crippen LogP contribution in [0.4, 0.5) is 0 Å². The van der Waals surface area contributed by atoms with Gasteiger partial charge >= 0.3 is 0 Å². The third kappa shape index (κ3) is 5.71. The molecule has 2 amide bonds. The maximum atomic E-state index is 11.7. The molecule has 0 aromatic heterocycles. The Kier molecular flexibility index (Phi) is 7.13. The summed E-state index contributed by atoms with van der Waals surface area (Å²) in [5.74, 6) is 0.0151. The van der Waals surface area contributed by atoms with Gasteiger partial charge in [0.1, 0.15) is 5.75 Å². The highest BCUT2D eigenvalue weighted by Crippen LogP contribution is 2.07. The van der Waals surface area contributed by atoms with Crippen molar-refractivity contribution in [1.29, 1.82) is 0 Å². The molecule has 0 unspecified atom stereocenters. The van der Waals surface area contributed by atoms with Crippen LogP contribution in [0.1, 0.15) is 6.92 Å². The second-order valence-corrected chi connectivity index (χ2v) is 4.08. The molecule has 0 aliphatic heterocycles. The molecule has 0 atom stereocenters. The minimum absolute atomic E-state index is 0.0924. The maximum absolute atomic E-state index is 11.7. The van der Waals surface area contributed by atoms with Crippen LogP contribution in [0.3, 0.4) is 0 Å². The molecule has 0 aliphatic rings. The van der Waals surface area contributed by atoms with Crippen LogP contribution in [0.2, 0.25) is 0 Å². The van der Waals surface area contributed by atoms with Gasteiger partial charge in [-0.3, -0.25) is 9.59 Å². The summed E-state index contributed by atoms with van der Waals surface area (Å²) < 4.78 is 5.26. The molecule has 0 spiro atoms. The average molecular weight is 280 g/mol. The van der Waals surface area contributed by atoms with E-state index in [1.807, 2.05) is 25.1 Å². The van der Waals surface area contributed by atoms with Crippen LogP contribution in [-0.4, -0.2) is 54.7 Å². The van der Waals surface area contributed by atoms with Gasteiger partial charge in [0, 0.05) is 13.1 Å². The van der Waals surface area contributed by atoms with Crippen molar-refractivity contribution in [2.24, 2.45) is 0 Å². The summed E-state index contributed by atoms with van der Waals surface area (Å²) in [6.07, 6.45) is 0. The number of nitrogens with one attached hydrogen (secondary N) is 1. The highest BCUT2D eigenvalue weighted by molar-refractivity contribution is 5.85.